The highest BCUT2D eigenvalue weighted by Gasteiger charge is 2.16. The average Bonchev–Trinajstić information content (AvgIpc) is 2.17. The van der Waals surface area contributed by atoms with E-state index in [9.17, 15) is 4.79 Å². The summed E-state index contributed by atoms with van der Waals surface area (Å²) in [7, 11) is 0. The molecule has 0 saturated heterocycles. The quantitative estimate of drug-likeness (QED) is 0.520. The Morgan fingerprint density at radius 1 is 1.33 bits per heavy atom. The third-order valence-corrected chi connectivity index (χ3v) is 1.50. The predicted molar refractivity (Wildman–Crippen MR) is 50.1 cm³/mol. The topological polar surface area (TPSA) is 131 Å². The number of carboxylic acid groups (broad SMARTS) is 1. The summed E-state index contributed by atoms with van der Waals surface area (Å²) in [5, 5.41) is 23.3. The summed E-state index contributed by atoms with van der Waals surface area (Å²) in [5.41, 5.74) is 4.24. The molecule has 1 aromatic carbocycles. The molecule has 0 radical (unpaired) electrons. The zero-order valence-electron chi connectivity index (χ0n) is 7.70. The number of hydrogen-bond acceptors (Lipinski definition) is 4. The van der Waals surface area contributed by atoms with Crippen molar-refractivity contribution in [3.63, 3.8) is 0 Å². The van der Waals surface area contributed by atoms with Crippen molar-refractivity contribution in [3.8, 4) is 0 Å². The summed E-state index contributed by atoms with van der Waals surface area (Å²) < 4.78 is 0. The van der Waals surface area contributed by atoms with Gasteiger partial charge < -0.3 is 26.2 Å². The summed E-state index contributed by atoms with van der Waals surface area (Å²) in [6.07, 6.45) is 0. The van der Waals surface area contributed by atoms with Gasteiger partial charge in [0.15, 0.2) is 0 Å². The van der Waals surface area contributed by atoms with Gasteiger partial charge in [0.25, 0.3) is 0 Å². The lowest BCUT2D eigenvalue weighted by Gasteiger charge is -2.01. The molecule has 0 aliphatic heterocycles. The third kappa shape index (κ3) is 5.99. The molecule has 0 aliphatic rings. The van der Waals surface area contributed by atoms with Gasteiger partial charge in [-0.25, -0.2) is 4.79 Å². The number of rotatable bonds is 2. The van der Waals surface area contributed by atoms with E-state index in [0.717, 1.165) is 5.56 Å². The van der Waals surface area contributed by atoms with E-state index >= 15 is 0 Å². The molecule has 0 aliphatic carbocycles. The molecule has 1 atom stereocenters. The van der Waals surface area contributed by atoms with Crippen LogP contribution in [0.1, 0.15) is 11.6 Å². The molecular formula is C8H10N2O5. The molecule has 7 heteroatoms. The summed E-state index contributed by atoms with van der Waals surface area (Å²) in [5.74, 6) is -0.892. The van der Waals surface area contributed by atoms with Gasteiger partial charge in [-0.3, -0.25) is 0 Å². The van der Waals surface area contributed by atoms with Crippen molar-refractivity contribution in [2.75, 3.05) is 0 Å². The summed E-state index contributed by atoms with van der Waals surface area (Å²) in [6.45, 7) is 0. The maximum Gasteiger partial charge on any atom is 0.367 e. The molecular weight excluding hydrogens is 204 g/mol. The largest absolute Gasteiger partial charge is 0.477 e. The van der Waals surface area contributed by atoms with Crippen LogP contribution in [0, 0.1) is 15.3 Å². The molecule has 7 nitrogen and oxygen atoms in total. The fraction of sp³-hybridized carbons (Fsp3) is 0.125. The van der Waals surface area contributed by atoms with Crippen molar-refractivity contribution in [1.29, 1.82) is 0 Å². The highest BCUT2D eigenvalue weighted by atomic mass is 16.9. The molecule has 0 spiro atoms. The predicted octanol–water partition coefficient (Wildman–Crippen LogP) is -0.185. The van der Waals surface area contributed by atoms with E-state index in [4.69, 9.17) is 20.4 Å². The van der Waals surface area contributed by atoms with Crippen LogP contribution >= 0.6 is 0 Å². The van der Waals surface area contributed by atoms with Crippen LogP contribution in [-0.2, 0) is 4.79 Å². The van der Waals surface area contributed by atoms with Crippen LogP contribution < -0.4 is 5.73 Å². The van der Waals surface area contributed by atoms with Crippen LogP contribution in [0.3, 0.4) is 0 Å². The maximum absolute atomic E-state index is 10.4. The van der Waals surface area contributed by atoms with E-state index in [1.165, 1.54) is 0 Å². The number of aliphatic carboxylic acids is 1. The molecule has 0 bridgehead atoms. The van der Waals surface area contributed by atoms with Gasteiger partial charge in [0.1, 0.15) is 0 Å². The fourth-order valence-corrected chi connectivity index (χ4v) is 0.828. The molecule has 1 aromatic rings. The highest BCUT2D eigenvalue weighted by molar-refractivity contribution is 5.73. The van der Waals surface area contributed by atoms with Gasteiger partial charge in [-0.15, -0.1) is 0 Å². The van der Waals surface area contributed by atoms with Crippen LogP contribution in [0.4, 0.5) is 0 Å². The Kier molecular flexibility index (Phi) is 5.42. The number of carbonyl (C=O) groups is 1. The Bertz CT molecular complexity index is 323. The van der Waals surface area contributed by atoms with Crippen LogP contribution in [0.5, 0.6) is 0 Å². The van der Waals surface area contributed by atoms with E-state index in [-0.39, 0.29) is 0 Å². The van der Waals surface area contributed by atoms with Crippen molar-refractivity contribution >= 4 is 5.97 Å². The Morgan fingerprint density at radius 2 is 1.73 bits per heavy atom. The average molecular weight is 214 g/mol. The number of nitrogens with zero attached hydrogens (tertiary/aromatic N) is 1. The molecule has 82 valence electrons. The van der Waals surface area contributed by atoms with Gasteiger partial charge in [-0.1, -0.05) is 30.3 Å². The Labute approximate surface area is 84.9 Å². The van der Waals surface area contributed by atoms with Gasteiger partial charge in [0, 0.05) is 5.56 Å². The Hall–Kier alpha value is -2.15. The first-order valence-corrected chi connectivity index (χ1v) is 3.87. The zero-order valence-corrected chi connectivity index (χ0v) is 7.70. The van der Waals surface area contributed by atoms with Gasteiger partial charge in [0.05, 0.1) is 5.09 Å². The second-order valence-electron chi connectivity index (χ2n) is 2.53. The first-order valence-electron chi connectivity index (χ1n) is 3.87. The minimum absolute atomic E-state index is 0.656. The van der Waals surface area contributed by atoms with Crippen LogP contribution in [0.25, 0.3) is 0 Å². The van der Waals surface area contributed by atoms with E-state index in [2.05, 4.69) is 5.73 Å². The molecule has 0 fully saturated rings. The van der Waals surface area contributed by atoms with Crippen molar-refractivity contribution < 1.29 is 20.7 Å². The molecule has 0 heterocycles. The van der Waals surface area contributed by atoms with Crippen molar-refractivity contribution in [2.24, 2.45) is 0 Å². The molecule has 15 heavy (non-hydrogen) atoms. The van der Waals surface area contributed by atoms with Gasteiger partial charge in [-0.05, 0) is 0 Å². The molecule has 0 aromatic heterocycles. The van der Waals surface area contributed by atoms with Gasteiger partial charge in [-0.2, -0.15) is 0 Å². The fourth-order valence-electron chi connectivity index (χ4n) is 0.828. The molecule has 0 amide bonds. The van der Waals surface area contributed by atoms with Crippen molar-refractivity contribution in [1.82, 2.24) is 0 Å². The standard InChI is InChI=1S/C8H9NO2.NO3/c9-7(8(10)11)6-4-2-1-3-5-6;2-1(3)4/h1-5,7H,9H2,(H,10,11);/q;-1/p+1/t7-;/m1./s1. The first-order chi connectivity index (χ1) is 6.95. The molecule has 1 rings (SSSR count). The lowest BCUT2D eigenvalue weighted by atomic mass is 10.1. The highest BCUT2D eigenvalue weighted by Crippen LogP contribution is 2.06. The number of quaternary nitrogens is 1. The normalized spacial score (nSPS) is 10.7. The Morgan fingerprint density at radius 3 is 2.07 bits per heavy atom. The first kappa shape index (κ1) is 12.8. The second kappa shape index (κ2) is 6.33. The third-order valence-electron chi connectivity index (χ3n) is 1.50. The SMILES string of the molecule is O=[N+]([O-])[O-].[NH3+][C@@H](C(=O)O)c1ccccc1. The minimum atomic E-state index is -1.75. The summed E-state index contributed by atoms with van der Waals surface area (Å²) in [4.78, 5) is 18.7. The maximum atomic E-state index is 10.4. The monoisotopic (exact) mass is 214 g/mol. The van der Waals surface area contributed by atoms with E-state index in [0.29, 0.717) is 0 Å². The number of hydrogen-bond donors (Lipinski definition) is 2. The van der Waals surface area contributed by atoms with Gasteiger partial charge >= 0.3 is 5.97 Å². The molecule has 4 N–H and O–H groups in total. The zero-order chi connectivity index (χ0) is 11.8. The van der Waals surface area contributed by atoms with E-state index in [1.807, 2.05) is 6.07 Å². The van der Waals surface area contributed by atoms with Crippen LogP contribution in [-0.4, -0.2) is 16.2 Å². The number of carboxylic acids is 1. The van der Waals surface area contributed by atoms with E-state index in [1.54, 1.807) is 24.3 Å². The van der Waals surface area contributed by atoms with E-state index < -0.39 is 17.1 Å². The lowest BCUT2D eigenvalue weighted by Crippen LogP contribution is -2.57. The van der Waals surface area contributed by atoms with Gasteiger partial charge in [0.2, 0.25) is 6.04 Å². The molecule has 0 saturated carbocycles. The van der Waals surface area contributed by atoms with Crippen LogP contribution in [0.2, 0.25) is 0 Å². The minimum Gasteiger partial charge on any atom is -0.477 e. The second-order valence-corrected chi connectivity index (χ2v) is 2.53. The smallest absolute Gasteiger partial charge is 0.367 e. The summed E-state index contributed by atoms with van der Waals surface area (Å²) >= 11 is 0. The van der Waals surface area contributed by atoms with Crippen LogP contribution in [0.15, 0.2) is 30.3 Å². The Balaban J connectivity index is 0.000000423. The number of benzene rings is 1. The summed E-state index contributed by atoms with van der Waals surface area (Å²) in [6, 6.07) is 8.30. The lowest BCUT2D eigenvalue weighted by molar-refractivity contribution is -0.413. The van der Waals surface area contributed by atoms with Crippen molar-refractivity contribution in [2.45, 2.75) is 6.04 Å². The molecule has 0 unspecified atom stereocenters. The van der Waals surface area contributed by atoms with Crippen molar-refractivity contribution in [3.05, 3.63) is 51.2 Å².